The average Bonchev–Trinajstić information content (AvgIpc) is 2.35. The summed E-state index contributed by atoms with van der Waals surface area (Å²) in [6.45, 7) is 3.31. The highest BCUT2D eigenvalue weighted by molar-refractivity contribution is 7.82. The molecule has 0 bridgehead atoms. The second-order valence-electron chi connectivity index (χ2n) is 1.51. The van der Waals surface area contributed by atoms with Crippen LogP contribution in [0.2, 0.25) is 0 Å². The van der Waals surface area contributed by atoms with Crippen LogP contribution in [-0.2, 0) is 23.9 Å². The number of rotatable bonds is 1. The van der Waals surface area contributed by atoms with Crippen LogP contribution in [-0.4, -0.2) is 28.2 Å². The van der Waals surface area contributed by atoms with Gasteiger partial charge in [-0.1, -0.05) is 6.08 Å². The fourth-order valence-electron chi connectivity index (χ4n) is 0.306. The van der Waals surface area contributed by atoms with Crippen LogP contribution in [0.25, 0.3) is 0 Å². The van der Waals surface area contributed by atoms with E-state index in [2.05, 4.69) is 14.9 Å². The summed E-state index contributed by atoms with van der Waals surface area (Å²) in [5, 5.41) is 9.18. The fraction of sp³-hybridized carbons (Fsp3) is 0.600. The molecule has 0 aromatic carbocycles. The maximum Gasteiger partial charge on any atom is 0.400 e. The average molecular weight is 181 g/mol. The van der Waals surface area contributed by atoms with Gasteiger partial charge in [-0.25, -0.2) is 13.5 Å². The first-order valence-electron chi connectivity index (χ1n) is 2.85. The largest absolute Gasteiger partial charge is 0.400 e. The lowest BCUT2D eigenvalue weighted by Crippen LogP contribution is -1.94. The molecule has 0 amide bonds. The van der Waals surface area contributed by atoms with E-state index < -0.39 is 10.4 Å². The second kappa shape index (κ2) is 5.25. The lowest BCUT2D eigenvalue weighted by Gasteiger charge is -1.82. The number of hydrogen-bond acceptors (Lipinski definition) is 4. The summed E-state index contributed by atoms with van der Waals surface area (Å²) < 4.78 is 28.2. The highest BCUT2D eigenvalue weighted by Crippen LogP contribution is 2.02. The molecule has 1 rings (SSSR count). The predicted octanol–water partition coefficient (Wildman–Crippen LogP) is -0.119. The Morgan fingerprint density at radius 3 is 1.82 bits per heavy atom. The first-order valence-corrected chi connectivity index (χ1v) is 4.18. The van der Waals surface area contributed by atoms with Crippen molar-refractivity contribution < 1.29 is 21.9 Å². The molecule has 1 fully saturated rings. The molecule has 1 radical (unpaired) electrons. The molecule has 0 aromatic heterocycles. The van der Waals surface area contributed by atoms with Gasteiger partial charge in [0, 0.05) is 0 Å². The van der Waals surface area contributed by atoms with Gasteiger partial charge < -0.3 is 0 Å². The Morgan fingerprint density at radius 2 is 1.73 bits per heavy atom. The van der Waals surface area contributed by atoms with Gasteiger partial charge in [-0.2, -0.15) is 8.42 Å². The molecule has 1 aliphatic heterocycles. The quantitative estimate of drug-likeness (QED) is 0.529. The van der Waals surface area contributed by atoms with Crippen molar-refractivity contribution in [1.82, 2.24) is 0 Å². The molecular formula is C5H9O5S. The van der Waals surface area contributed by atoms with Crippen LogP contribution in [0, 0.1) is 0 Å². The van der Waals surface area contributed by atoms with Gasteiger partial charge in [-0.3, -0.25) is 0 Å². The van der Waals surface area contributed by atoms with Crippen molar-refractivity contribution in [2.24, 2.45) is 0 Å². The van der Waals surface area contributed by atoms with Crippen molar-refractivity contribution in [3.8, 4) is 0 Å². The lowest BCUT2D eigenvalue weighted by atomic mass is 10.7. The fourth-order valence-corrected chi connectivity index (χ4v) is 0.919. The van der Waals surface area contributed by atoms with Crippen LogP contribution in [0.3, 0.4) is 0 Å². The van der Waals surface area contributed by atoms with Gasteiger partial charge in [0.2, 0.25) is 0 Å². The van der Waals surface area contributed by atoms with Gasteiger partial charge in [-0.15, -0.1) is 6.58 Å². The molecule has 0 saturated carbocycles. The van der Waals surface area contributed by atoms with Crippen molar-refractivity contribution in [1.29, 1.82) is 0 Å². The third kappa shape index (κ3) is 5.99. The maximum absolute atomic E-state index is 9.99. The standard InChI is InChI=1S/C3H5O.C2H4O4S/c1-2-3-4;3-7(4)5-1-2-6-7/h2H,1,3H2;1-2H2. The highest BCUT2D eigenvalue weighted by Gasteiger charge is 2.17. The highest BCUT2D eigenvalue weighted by atomic mass is 32.3. The Morgan fingerprint density at radius 1 is 1.36 bits per heavy atom. The van der Waals surface area contributed by atoms with Crippen molar-refractivity contribution in [3.05, 3.63) is 12.7 Å². The molecule has 5 nitrogen and oxygen atoms in total. The zero-order valence-corrected chi connectivity index (χ0v) is 6.67. The summed E-state index contributed by atoms with van der Waals surface area (Å²) in [4.78, 5) is 0. The van der Waals surface area contributed by atoms with Crippen LogP contribution in [0.1, 0.15) is 0 Å². The molecule has 0 aliphatic carbocycles. The summed E-state index contributed by atoms with van der Waals surface area (Å²) in [5.74, 6) is 0. The van der Waals surface area contributed by atoms with E-state index in [0.29, 0.717) is 0 Å². The molecule has 1 heterocycles. The minimum Gasteiger partial charge on any atom is -0.246 e. The van der Waals surface area contributed by atoms with E-state index in [1.165, 1.54) is 6.08 Å². The lowest BCUT2D eigenvalue weighted by molar-refractivity contribution is 0.232. The molecule has 0 unspecified atom stereocenters. The maximum atomic E-state index is 9.99. The van der Waals surface area contributed by atoms with Crippen LogP contribution in [0.4, 0.5) is 0 Å². The van der Waals surface area contributed by atoms with Gasteiger partial charge in [0.1, 0.15) is 6.61 Å². The van der Waals surface area contributed by atoms with Crippen LogP contribution in [0.15, 0.2) is 12.7 Å². The first-order chi connectivity index (χ1) is 5.12. The Kier molecular flexibility index (Phi) is 5.05. The van der Waals surface area contributed by atoms with Crippen LogP contribution >= 0.6 is 0 Å². The zero-order chi connectivity index (χ0) is 8.74. The topological polar surface area (TPSA) is 72.5 Å². The Hall–Kier alpha value is -0.430. The molecule has 1 saturated heterocycles. The van der Waals surface area contributed by atoms with Crippen LogP contribution < -0.4 is 0 Å². The van der Waals surface area contributed by atoms with E-state index in [1.807, 2.05) is 0 Å². The van der Waals surface area contributed by atoms with Crippen molar-refractivity contribution in [3.63, 3.8) is 0 Å². The minimum absolute atomic E-state index is 0.155. The van der Waals surface area contributed by atoms with Crippen molar-refractivity contribution in [2.45, 2.75) is 0 Å². The molecule has 1 aliphatic rings. The summed E-state index contributed by atoms with van der Waals surface area (Å²) in [5.41, 5.74) is 0. The van der Waals surface area contributed by atoms with Gasteiger partial charge in [0.25, 0.3) is 0 Å². The molecular weight excluding hydrogens is 172 g/mol. The molecule has 65 valence electrons. The van der Waals surface area contributed by atoms with Gasteiger partial charge in [0.05, 0.1) is 13.2 Å². The molecule has 0 N–H and O–H groups in total. The third-order valence-electron chi connectivity index (χ3n) is 0.657. The smallest absolute Gasteiger partial charge is 0.246 e. The predicted molar refractivity (Wildman–Crippen MR) is 36.6 cm³/mol. The normalized spacial score (nSPS) is 20.1. The van der Waals surface area contributed by atoms with E-state index in [-0.39, 0.29) is 19.8 Å². The van der Waals surface area contributed by atoms with Crippen LogP contribution in [0.5, 0.6) is 0 Å². The van der Waals surface area contributed by atoms with E-state index in [4.69, 9.17) is 0 Å². The van der Waals surface area contributed by atoms with Gasteiger partial charge in [-0.05, 0) is 0 Å². The first kappa shape index (κ1) is 10.6. The van der Waals surface area contributed by atoms with Gasteiger partial charge >= 0.3 is 10.4 Å². The summed E-state index contributed by atoms with van der Waals surface area (Å²) in [7, 11) is -3.55. The second-order valence-corrected chi connectivity index (χ2v) is 2.80. The van der Waals surface area contributed by atoms with E-state index >= 15 is 0 Å². The van der Waals surface area contributed by atoms with E-state index in [9.17, 15) is 13.5 Å². The Labute approximate surface area is 65.6 Å². The van der Waals surface area contributed by atoms with E-state index in [0.717, 1.165) is 0 Å². The molecule has 0 spiro atoms. The summed E-state index contributed by atoms with van der Waals surface area (Å²) in [6, 6.07) is 0. The number of hydrogen-bond donors (Lipinski definition) is 0. The molecule has 11 heavy (non-hydrogen) atoms. The molecule has 6 heteroatoms. The monoisotopic (exact) mass is 181 g/mol. The van der Waals surface area contributed by atoms with E-state index in [1.54, 1.807) is 0 Å². The SMILES string of the molecule is C=CC[O].O=S1(=O)OCCO1. The Balaban J connectivity index is 0.000000218. The van der Waals surface area contributed by atoms with Gasteiger partial charge in [0.15, 0.2) is 0 Å². The molecule has 0 aromatic rings. The third-order valence-corrected chi connectivity index (χ3v) is 1.57. The van der Waals surface area contributed by atoms with Crippen molar-refractivity contribution in [2.75, 3.05) is 19.8 Å². The Bertz CT molecular complexity index is 183. The summed E-state index contributed by atoms with van der Waals surface area (Å²) >= 11 is 0. The van der Waals surface area contributed by atoms with Crippen molar-refractivity contribution >= 4 is 10.4 Å². The zero-order valence-electron chi connectivity index (χ0n) is 5.86. The summed E-state index contributed by atoms with van der Waals surface area (Å²) in [6.07, 6.45) is 1.32. The molecule has 0 atom stereocenters. The minimum atomic E-state index is -3.55.